The Bertz CT molecular complexity index is 1390. The molecule has 0 heterocycles. The van der Waals surface area contributed by atoms with Crippen LogP contribution in [0.4, 0.5) is 0 Å². The Morgan fingerprint density at radius 1 is 0.878 bits per heavy atom. The molecule has 0 N–H and O–H groups in total. The molecule has 0 unspecified atom stereocenters. The van der Waals surface area contributed by atoms with E-state index in [9.17, 15) is 9.59 Å². The highest BCUT2D eigenvalue weighted by Gasteiger charge is 2.60. The lowest BCUT2D eigenvalue weighted by atomic mass is 9.49. The zero-order valence-corrected chi connectivity index (χ0v) is 33.0. The minimum Gasteiger partial charge on any atom is -0.404 e. The highest BCUT2D eigenvalue weighted by Crippen LogP contribution is 2.65. The minimum atomic E-state index is -2.75. The molecule has 5 rings (SSSR count). The molecule has 2 aromatic carbocycles. The summed E-state index contributed by atoms with van der Waals surface area (Å²) in [7, 11) is -2.75. The Morgan fingerprint density at radius 3 is 2.06 bits per heavy atom. The van der Waals surface area contributed by atoms with Crippen LogP contribution in [0.25, 0.3) is 0 Å². The van der Waals surface area contributed by atoms with Gasteiger partial charge in [-0.15, -0.1) is 0 Å². The van der Waals surface area contributed by atoms with Crippen LogP contribution in [-0.4, -0.2) is 32.8 Å². The number of hydrogen-bond acceptors (Lipinski definition) is 4. The van der Waals surface area contributed by atoms with Gasteiger partial charge in [0.05, 0.1) is 12.6 Å². The van der Waals surface area contributed by atoms with Crippen LogP contribution in [-0.2, 0) is 14.0 Å². The van der Waals surface area contributed by atoms with Gasteiger partial charge in [0.2, 0.25) is 6.08 Å². The summed E-state index contributed by atoms with van der Waals surface area (Å²) in [4.78, 5) is 29.9. The van der Waals surface area contributed by atoms with Crippen molar-refractivity contribution in [2.75, 3.05) is 6.54 Å². The van der Waals surface area contributed by atoms with Gasteiger partial charge in [0.15, 0.2) is 0 Å². The lowest BCUT2D eigenvalue weighted by molar-refractivity contribution is -0.144. The van der Waals surface area contributed by atoms with Gasteiger partial charge in [-0.25, -0.2) is 9.79 Å². The highest BCUT2D eigenvalue weighted by atomic mass is 28.4. The van der Waals surface area contributed by atoms with Crippen LogP contribution in [0, 0.1) is 46.3 Å². The third-order valence-electron chi connectivity index (χ3n) is 13.9. The standard InChI is InChI=1S/C44H65NO3Si/c1-32(2)16-15-17-33(3)38-22-23-39-37(26-29-45-31-46)40(25-28-43(38,39)7)44(8)27-24-34(30-41(44)47)48-49(42(4,5)6,35-18-11-9-12-19-35)36-20-13-10-14-21-36/h9-14,18-21,32-34,37-40H,15-17,22-30H2,1-8H3/t33-,34+,37+,38-,39+,40+,43-,44-/m1/s1. The zero-order chi connectivity index (χ0) is 35.5. The van der Waals surface area contributed by atoms with Gasteiger partial charge in [0.25, 0.3) is 8.32 Å². The summed E-state index contributed by atoms with van der Waals surface area (Å²) in [6.45, 7) is 19.5. The topological polar surface area (TPSA) is 55.7 Å². The maximum absolute atomic E-state index is 14.7. The lowest BCUT2D eigenvalue weighted by Crippen LogP contribution is -2.68. The molecule has 2 aromatic rings. The number of rotatable bonds is 13. The van der Waals surface area contributed by atoms with Gasteiger partial charge in [-0.3, -0.25) is 4.79 Å². The number of aliphatic imine (C=N–C) groups is 1. The fourth-order valence-electron chi connectivity index (χ4n) is 11.3. The summed E-state index contributed by atoms with van der Waals surface area (Å²) in [6.07, 6.45) is 13.6. The predicted molar refractivity (Wildman–Crippen MR) is 205 cm³/mol. The van der Waals surface area contributed by atoms with Crippen molar-refractivity contribution in [3.05, 3.63) is 60.7 Å². The van der Waals surface area contributed by atoms with E-state index >= 15 is 0 Å². The van der Waals surface area contributed by atoms with Crippen molar-refractivity contribution in [2.45, 2.75) is 137 Å². The summed E-state index contributed by atoms with van der Waals surface area (Å²) in [6, 6.07) is 21.6. The van der Waals surface area contributed by atoms with Crippen molar-refractivity contribution < 1.29 is 14.0 Å². The van der Waals surface area contributed by atoms with Crippen LogP contribution in [0.3, 0.4) is 0 Å². The van der Waals surface area contributed by atoms with Crippen LogP contribution >= 0.6 is 0 Å². The maximum atomic E-state index is 14.7. The third-order valence-corrected chi connectivity index (χ3v) is 19.0. The first-order valence-electron chi connectivity index (χ1n) is 19.6. The van der Waals surface area contributed by atoms with E-state index < -0.39 is 8.32 Å². The van der Waals surface area contributed by atoms with Crippen LogP contribution < -0.4 is 10.4 Å². The Kier molecular flexibility index (Phi) is 12.0. The fourth-order valence-corrected chi connectivity index (χ4v) is 16.1. The van der Waals surface area contributed by atoms with Crippen LogP contribution in [0.15, 0.2) is 65.7 Å². The van der Waals surface area contributed by atoms with Crippen molar-refractivity contribution in [1.29, 1.82) is 0 Å². The summed E-state index contributed by atoms with van der Waals surface area (Å²) in [5.74, 6) is 3.93. The smallest absolute Gasteiger partial charge is 0.261 e. The van der Waals surface area contributed by atoms with Gasteiger partial charge in [0, 0.05) is 11.8 Å². The number of ketones is 1. The molecule has 0 aromatic heterocycles. The van der Waals surface area contributed by atoms with Crippen molar-refractivity contribution in [3.8, 4) is 0 Å². The number of hydrogen-bond donors (Lipinski definition) is 0. The van der Waals surface area contributed by atoms with Gasteiger partial charge in [0.1, 0.15) is 5.78 Å². The van der Waals surface area contributed by atoms with Crippen LogP contribution in [0.1, 0.15) is 126 Å². The van der Waals surface area contributed by atoms with Crippen LogP contribution in [0.2, 0.25) is 5.04 Å². The molecule has 3 aliphatic rings. The number of benzene rings is 2. The van der Waals surface area contributed by atoms with Crippen molar-refractivity contribution in [2.24, 2.45) is 51.3 Å². The summed E-state index contributed by atoms with van der Waals surface area (Å²) >= 11 is 0. The molecule has 8 atom stereocenters. The van der Waals surface area contributed by atoms with Gasteiger partial charge < -0.3 is 4.43 Å². The summed E-state index contributed by atoms with van der Waals surface area (Å²) < 4.78 is 7.51. The quantitative estimate of drug-likeness (QED) is 0.120. The van der Waals surface area contributed by atoms with E-state index in [0.717, 1.165) is 43.4 Å². The molecule has 5 heteroatoms. The number of isocyanates is 1. The van der Waals surface area contributed by atoms with Crippen molar-refractivity contribution >= 4 is 30.6 Å². The first-order chi connectivity index (χ1) is 23.3. The van der Waals surface area contributed by atoms with Crippen molar-refractivity contribution in [1.82, 2.24) is 0 Å². The average molecular weight is 684 g/mol. The first-order valence-corrected chi connectivity index (χ1v) is 21.5. The molecule has 0 saturated heterocycles. The molecular weight excluding hydrogens is 619 g/mol. The van der Waals surface area contributed by atoms with Gasteiger partial charge >= 0.3 is 0 Å². The summed E-state index contributed by atoms with van der Waals surface area (Å²) in [5, 5.41) is 2.42. The van der Waals surface area contributed by atoms with E-state index in [0.29, 0.717) is 41.9 Å². The molecule has 0 aliphatic heterocycles. The Balaban J connectivity index is 1.39. The Morgan fingerprint density at radius 2 is 1.51 bits per heavy atom. The van der Waals surface area contributed by atoms with E-state index in [-0.39, 0.29) is 16.6 Å². The molecule has 0 radical (unpaired) electrons. The fraction of sp³-hybridized carbons (Fsp3) is 0.682. The second-order valence-corrected chi connectivity index (χ2v) is 22.4. The molecule has 3 fully saturated rings. The lowest BCUT2D eigenvalue weighted by Gasteiger charge is -2.55. The molecule has 268 valence electrons. The minimum absolute atomic E-state index is 0.0959. The van der Waals surface area contributed by atoms with E-state index in [1.54, 1.807) is 0 Å². The van der Waals surface area contributed by atoms with E-state index in [1.165, 1.54) is 48.9 Å². The maximum Gasteiger partial charge on any atom is 0.261 e. The number of carbonyl (C=O) groups is 1. The predicted octanol–water partition coefficient (Wildman–Crippen LogP) is 9.94. The Hall–Kier alpha value is -2.33. The average Bonchev–Trinajstić information content (AvgIpc) is 3.43. The molecule has 4 nitrogen and oxygen atoms in total. The molecular formula is C44H65NO3Si. The molecule has 0 amide bonds. The molecule has 3 aliphatic carbocycles. The van der Waals surface area contributed by atoms with Gasteiger partial charge in [-0.1, -0.05) is 135 Å². The Labute approximate surface area is 299 Å². The number of fused-ring (bicyclic) bond motifs is 1. The second-order valence-electron chi connectivity index (χ2n) is 18.2. The van der Waals surface area contributed by atoms with E-state index in [2.05, 4.69) is 121 Å². The second kappa shape index (κ2) is 15.5. The number of nitrogens with zero attached hydrogens (tertiary/aromatic N) is 1. The third kappa shape index (κ3) is 7.51. The zero-order valence-electron chi connectivity index (χ0n) is 32.0. The molecule has 0 bridgehead atoms. The normalized spacial score (nSPS) is 31.3. The van der Waals surface area contributed by atoms with E-state index in [4.69, 9.17) is 4.43 Å². The monoisotopic (exact) mass is 683 g/mol. The van der Waals surface area contributed by atoms with Gasteiger partial charge in [-0.05, 0) is 101 Å². The first kappa shape index (κ1) is 37.9. The van der Waals surface area contributed by atoms with Gasteiger partial charge in [-0.2, -0.15) is 0 Å². The SMILES string of the molecule is CC(C)CCC[C@@H](C)[C@H]1CC[C@H]2[C@H](CCN=C=O)[C@@H]([C@@]3(C)CC[C@H](O[Si](c4ccccc4)(c4ccccc4)C(C)(C)C)CC3=O)CC[C@]12C. The molecule has 3 saturated carbocycles. The molecule has 49 heavy (non-hydrogen) atoms. The van der Waals surface area contributed by atoms with Crippen molar-refractivity contribution in [3.63, 3.8) is 0 Å². The number of Topliss-reactive ketones (excluding diaryl/α,β-unsaturated/α-hetero) is 1. The molecule has 0 spiro atoms. The van der Waals surface area contributed by atoms with E-state index in [1.807, 2.05) is 6.08 Å². The summed E-state index contributed by atoms with van der Waals surface area (Å²) in [5.41, 5.74) is -0.0739. The highest BCUT2D eigenvalue weighted by molar-refractivity contribution is 6.99. The van der Waals surface area contributed by atoms with Crippen LogP contribution in [0.5, 0.6) is 0 Å². The largest absolute Gasteiger partial charge is 0.404 e. The number of carbonyl (C=O) groups excluding carboxylic acids is 2.